The van der Waals surface area contributed by atoms with E-state index in [0.717, 1.165) is 0 Å². The van der Waals surface area contributed by atoms with Crippen molar-refractivity contribution in [1.29, 1.82) is 0 Å². The largest absolute Gasteiger partial charge is 0.480 e. The molecule has 0 aliphatic carbocycles. The summed E-state index contributed by atoms with van der Waals surface area (Å²) >= 11 is 0. The number of anilines is 1. The number of amides is 2. The van der Waals surface area contributed by atoms with Crippen molar-refractivity contribution in [1.82, 2.24) is 0 Å². The topological polar surface area (TPSA) is 101 Å². The normalized spacial score (nSPS) is 11.7. The molecule has 20 heavy (non-hydrogen) atoms. The van der Waals surface area contributed by atoms with Crippen molar-refractivity contribution < 1.29 is 19.5 Å². The van der Waals surface area contributed by atoms with E-state index in [0.29, 0.717) is 5.69 Å². The minimum atomic E-state index is -1.16. The summed E-state index contributed by atoms with van der Waals surface area (Å²) in [4.78, 5) is 35.5. The number of para-hydroxylation sites is 1. The first-order valence-corrected chi connectivity index (χ1v) is 6.35. The molecule has 1 atom stereocenters. The molecule has 1 aromatic carbocycles. The molecule has 3 N–H and O–H groups in total. The third kappa shape index (κ3) is 4.08. The molecule has 0 saturated carbocycles. The molecule has 6 heteroatoms. The molecule has 0 heterocycles. The van der Waals surface area contributed by atoms with E-state index in [4.69, 9.17) is 5.73 Å². The number of primary amides is 1. The third-order valence-corrected chi connectivity index (χ3v) is 2.87. The smallest absolute Gasteiger partial charge is 0.326 e. The summed E-state index contributed by atoms with van der Waals surface area (Å²) < 4.78 is 0. The first-order valence-electron chi connectivity index (χ1n) is 6.35. The molecule has 1 aromatic rings. The van der Waals surface area contributed by atoms with Crippen LogP contribution in [0.25, 0.3) is 0 Å². The second kappa shape index (κ2) is 7.28. The highest BCUT2D eigenvalue weighted by Gasteiger charge is 2.30. The summed E-state index contributed by atoms with van der Waals surface area (Å²) in [6, 6.07) is 7.44. The molecule has 0 spiro atoms. The zero-order valence-electron chi connectivity index (χ0n) is 11.3. The quantitative estimate of drug-likeness (QED) is 0.781. The average molecular weight is 278 g/mol. The van der Waals surface area contributed by atoms with Gasteiger partial charge in [-0.2, -0.15) is 0 Å². The van der Waals surface area contributed by atoms with Gasteiger partial charge in [-0.25, -0.2) is 4.79 Å². The highest BCUT2D eigenvalue weighted by Crippen LogP contribution is 2.20. The van der Waals surface area contributed by atoms with Crippen LogP contribution in [0.15, 0.2) is 30.3 Å². The van der Waals surface area contributed by atoms with E-state index >= 15 is 0 Å². The van der Waals surface area contributed by atoms with Gasteiger partial charge in [-0.1, -0.05) is 25.1 Å². The van der Waals surface area contributed by atoms with E-state index in [1.165, 1.54) is 4.90 Å². The lowest BCUT2D eigenvalue weighted by Gasteiger charge is -2.28. The zero-order chi connectivity index (χ0) is 15.1. The van der Waals surface area contributed by atoms with Crippen molar-refractivity contribution in [3.63, 3.8) is 0 Å². The van der Waals surface area contributed by atoms with Crippen molar-refractivity contribution in [2.75, 3.05) is 4.90 Å². The average Bonchev–Trinajstić information content (AvgIpc) is 2.43. The Morgan fingerprint density at radius 2 is 1.85 bits per heavy atom. The standard InChI is InChI=1S/C14H18N2O4/c1-2-13(18)16(10-6-4-3-5-7-10)11(14(19)20)8-9-12(15)17/h3-7,11H,2,8-9H2,1H3,(H2,15,17)(H,19,20). The van der Waals surface area contributed by atoms with E-state index in [1.807, 2.05) is 0 Å². The maximum Gasteiger partial charge on any atom is 0.326 e. The molecule has 0 aliphatic heterocycles. The Bertz CT molecular complexity index is 487. The van der Waals surface area contributed by atoms with Crippen molar-refractivity contribution in [2.45, 2.75) is 32.2 Å². The number of carbonyl (C=O) groups is 3. The lowest BCUT2D eigenvalue weighted by Crippen LogP contribution is -2.45. The number of carboxylic acids is 1. The summed E-state index contributed by atoms with van der Waals surface area (Å²) in [5, 5.41) is 9.32. The number of nitrogens with zero attached hydrogens (tertiary/aromatic N) is 1. The SMILES string of the molecule is CCC(=O)N(c1ccccc1)C(CCC(N)=O)C(=O)O. The van der Waals surface area contributed by atoms with Crippen molar-refractivity contribution in [3.05, 3.63) is 30.3 Å². The van der Waals surface area contributed by atoms with Gasteiger partial charge in [0, 0.05) is 18.5 Å². The minimum absolute atomic E-state index is 0.00863. The number of carboxylic acid groups (broad SMARTS) is 1. The molecule has 0 fully saturated rings. The van der Waals surface area contributed by atoms with Crippen LogP contribution in [0.5, 0.6) is 0 Å². The molecule has 1 rings (SSSR count). The predicted octanol–water partition coefficient (Wildman–Crippen LogP) is 1.15. The first-order chi connectivity index (χ1) is 9.47. The van der Waals surface area contributed by atoms with Crippen molar-refractivity contribution in [2.24, 2.45) is 5.73 Å². The number of benzene rings is 1. The van der Waals surface area contributed by atoms with E-state index in [-0.39, 0.29) is 25.2 Å². The van der Waals surface area contributed by atoms with Gasteiger partial charge in [0.15, 0.2) is 0 Å². The van der Waals surface area contributed by atoms with E-state index in [2.05, 4.69) is 0 Å². The van der Waals surface area contributed by atoms with Crippen LogP contribution in [-0.4, -0.2) is 28.9 Å². The fourth-order valence-corrected chi connectivity index (χ4v) is 1.90. The molecule has 2 amide bonds. The van der Waals surface area contributed by atoms with Gasteiger partial charge < -0.3 is 10.8 Å². The van der Waals surface area contributed by atoms with Crippen LogP contribution in [0, 0.1) is 0 Å². The van der Waals surface area contributed by atoms with Gasteiger partial charge in [0.05, 0.1) is 0 Å². The van der Waals surface area contributed by atoms with Crippen LogP contribution in [0.4, 0.5) is 5.69 Å². The number of carbonyl (C=O) groups excluding carboxylic acids is 2. The number of rotatable bonds is 7. The van der Waals surface area contributed by atoms with E-state index < -0.39 is 17.9 Å². The van der Waals surface area contributed by atoms with E-state index in [1.54, 1.807) is 37.3 Å². The number of hydrogen-bond donors (Lipinski definition) is 2. The van der Waals surface area contributed by atoms with Crippen molar-refractivity contribution >= 4 is 23.5 Å². The zero-order valence-corrected chi connectivity index (χ0v) is 11.3. The van der Waals surface area contributed by atoms with Gasteiger partial charge in [0.25, 0.3) is 0 Å². The number of hydrogen-bond acceptors (Lipinski definition) is 3. The van der Waals surface area contributed by atoms with Crippen LogP contribution < -0.4 is 10.6 Å². The molecule has 0 aliphatic rings. The van der Waals surface area contributed by atoms with Crippen LogP contribution in [0.2, 0.25) is 0 Å². The molecule has 0 radical (unpaired) electrons. The molecular weight excluding hydrogens is 260 g/mol. The van der Waals surface area contributed by atoms with Gasteiger partial charge >= 0.3 is 5.97 Å². The maximum atomic E-state index is 12.0. The highest BCUT2D eigenvalue weighted by molar-refractivity contribution is 5.99. The van der Waals surface area contributed by atoms with E-state index in [9.17, 15) is 19.5 Å². The van der Waals surface area contributed by atoms with Crippen molar-refractivity contribution in [3.8, 4) is 0 Å². The lowest BCUT2D eigenvalue weighted by atomic mass is 10.1. The molecule has 0 saturated heterocycles. The van der Waals surface area contributed by atoms with Gasteiger partial charge in [0.2, 0.25) is 11.8 Å². The van der Waals surface area contributed by atoms with Crippen LogP contribution in [-0.2, 0) is 14.4 Å². The number of nitrogens with two attached hydrogens (primary N) is 1. The molecular formula is C14H18N2O4. The molecule has 0 aromatic heterocycles. The van der Waals surface area contributed by atoms with Gasteiger partial charge in [-0.05, 0) is 18.6 Å². The Morgan fingerprint density at radius 3 is 2.30 bits per heavy atom. The Hall–Kier alpha value is -2.37. The minimum Gasteiger partial charge on any atom is -0.480 e. The fraction of sp³-hybridized carbons (Fsp3) is 0.357. The van der Waals surface area contributed by atoms with Gasteiger partial charge in [0.1, 0.15) is 6.04 Å². The van der Waals surface area contributed by atoms with Gasteiger partial charge in [-0.3, -0.25) is 14.5 Å². The fourth-order valence-electron chi connectivity index (χ4n) is 1.90. The Balaban J connectivity index is 3.09. The molecule has 108 valence electrons. The number of aliphatic carboxylic acids is 1. The van der Waals surface area contributed by atoms with Gasteiger partial charge in [-0.15, -0.1) is 0 Å². The monoisotopic (exact) mass is 278 g/mol. The Kier molecular flexibility index (Phi) is 5.71. The summed E-state index contributed by atoms with van der Waals surface area (Å²) in [6.07, 6.45) is 0.0812. The third-order valence-electron chi connectivity index (χ3n) is 2.87. The predicted molar refractivity (Wildman–Crippen MR) is 74.1 cm³/mol. The maximum absolute atomic E-state index is 12.0. The highest BCUT2D eigenvalue weighted by atomic mass is 16.4. The summed E-state index contributed by atoms with van der Waals surface area (Å²) in [5.74, 6) is -2.06. The van der Waals surface area contributed by atoms with Crippen LogP contribution >= 0.6 is 0 Å². The second-order valence-electron chi connectivity index (χ2n) is 4.31. The Labute approximate surface area is 117 Å². The lowest BCUT2D eigenvalue weighted by molar-refractivity contribution is -0.140. The molecule has 0 bridgehead atoms. The second-order valence-corrected chi connectivity index (χ2v) is 4.31. The Morgan fingerprint density at radius 1 is 1.25 bits per heavy atom. The van der Waals surface area contributed by atoms with Crippen LogP contribution in [0.1, 0.15) is 26.2 Å². The molecule has 6 nitrogen and oxygen atoms in total. The summed E-state index contributed by atoms with van der Waals surface area (Å²) in [6.45, 7) is 1.66. The summed E-state index contributed by atoms with van der Waals surface area (Å²) in [5.41, 5.74) is 5.55. The summed E-state index contributed by atoms with van der Waals surface area (Å²) in [7, 11) is 0. The first kappa shape index (κ1) is 15.7. The molecule has 1 unspecified atom stereocenters. The van der Waals surface area contributed by atoms with Crippen LogP contribution in [0.3, 0.4) is 0 Å².